The summed E-state index contributed by atoms with van der Waals surface area (Å²) < 4.78 is 10.1. The number of aryl methyl sites for hydroxylation is 1. The van der Waals surface area contributed by atoms with Gasteiger partial charge in [0, 0.05) is 6.61 Å². The lowest BCUT2D eigenvalue weighted by Crippen LogP contribution is -2.11. The molecule has 0 bridgehead atoms. The second-order valence-corrected chi connectivity index (χ2v) is 6.97. The maximum absolute atomic E-state index is 12.2. The molecule has 1 atom stereocenters. The predicted molar refractivity (Wildman–Crippen MR) is 125 cm³/mol. The number of carboxylic acid groups (broad SMARTS) is 1. The van der Waals surface area contributed by atoms with Gasteiger partial charge in [-0.15, -0.1) is 0 Å². The molecule has 7 nitrogen and oxygen atoms in total. The summed E-state index contributed by atoms with van der Waals surface area (Å²) in [5.74, 6) is -1.47. The summed E-state index contributed by atoms with van der Waals surface area (Å²) in [6.45, 7) is 5.52. The van der Waals surface area contributed by atoms with Gasteiger partial charge in [0.25, 0.3) is 0 Å². The van der Waals surface area contributed by atoms with Crippen LogP contribution in [0.5, 0.6) is 0 Å². The van der Waals surface area contributed by atoms with Crippen LogP contribution in [0.4, 0.5) is 11.4 Å². The number of para-hydroxylation sites is 1. The van der Waals surface area contributed by atoms with Crippen molar-refractivity contribution in [1.29, 1.82) is 0 Å². The Kier molecular flexibility index (Phi) is 11.8. The van der Waals surface area contributed by atoms with E-state index >= 15 is 0 Å². The van der Waals surface area contributed by atoms with Crippen LogP contribution in [0.1, 0.15) is 29.8 Å². The molecule has 2 aromatic carbocycles. The second-order valence-electron chi connectivity index (χ2n) is 6.00. The standard InChI is InChI=1S/C17H17Cl2NO3.C4H5NO2S/c1-3-22-10-23-17(21)12-6-4-5-7-14(12)20-16-13(18)9-8-11(2)15(16)19;1-3(4(6)7)5-2-8/h4-9,20H,3,10H2,1-2H3;3H,1H3,(H,6,7). The van der Waals surface area contributed by atoms with Crippen LogP contribution in [0.2, 0.25) is 10.0 Å². The number of benzene rings is 2. The first-order chi connectivity index (χ1) is 14.7. The molecular weight excluding hydrogens is 463 g/mol. The van der Waals surface area contributed by atoms with E-state index in [0.29, 0.717) is 33.6 Å². The molecule has 0 aliphatic rings. The fourth-order valence-electron chi connectivity index (χ4n) is 2.07. The number of ether oxygens (including phenoxy) is 2. The summed E-state index contributed by atoms with van der Waals surface area (Å²) in [5.41, 5.74) is 2.37. The number of nitrogens with one attached hydrogen (secondary N) is 1. The second kappa shape index (κ2) is 13.7. The van der Waals surface area contributed by atoms with Crippen LogP contribution in [-0.2, 0) is 14.3 Å². The fourth-order valence-corrected chi connectivity index (χ4v) is 2.69. The lowest BCUT2D eigenvalue weighted by atomic mass is 10.1. The molecule has 31 heavy (non-hydrogen) atoms. The molecule has 166 valence electrons. The Labute approximate surface area is 196 Å². The first kappa shape index (κ1) is 26.6. The highest BCUT2D eigenvalue weighted by Gasteiger charge is 2.15. The van der Waals surface area contributed by atoms with E-state index in [1.54, 1.807) is 30.3 Å². The molecule has 0 fully saturated rings. The normalized spacial score (nSPS) is 10.7. The van der Waals surface area contributed by atoms with Crippen molar-refractivity contribution in [2.45, 2.75) is 26.8 Å². The molecule has 0 aliphatic heterocycles. The topological polar surface area (TPSA) is 97.2 Å². The summed E-state index contributed by atoms with van der Waals surface area (Å²) >= 11 is 16.7. The molecule has 2 N–H and O–H groups in total. The molecule has 0 spiro atoms. The van der Waals surface area contributed by atoms with E-state index in [1.165, 1.54) is 6.92 Å². The van der Waals surface area contributed by atoms with Gasteiger partial charge in [-0.05, 0) is 56.8 Å². The number of carboxylic acids is 1. The molecule has 2 aromatic rings. The Bertz CT molecular complexity index is 963. The van der Waals surface area contributed by atoms with E-state index in [-0.39, 0.29) is 6.79 Å². The minimum atomic E-state index is -0.984. The highest BCUT2D eigenvalue weighted by molar-refractivity contribution is 7.78. The summed E-state index contributed by atoms with van der Waals surface area (Å²) in [7, 11) is 0. The highest BCUT2D eigenvalue weighted by atomic mass is 35.5. The maximum atomic E-state index is 12.2. The number of nitrogens with zero attached hydrogens (tertiary/aromatic N) is 1. The first-order valence-electron chi connectivity index (χ1n) is 9.08. The minimum Gasteiger partial charge on any atom is -0.480 e. The van der Waals surface area contributed by atoms with Crippen molar-refractivity contribution in [2.75, 3.05) is 18.7 Å². The van der Waals surface area contributed by atoms with Gasteiger partial charge < -0.3 is 19.9 Å². The molecule has 0 radical (unpaired) electrons. The Morgan fingerprint density at radius 1 is 1.26 bits per heavy atom. The Morgan fingerprint density at radius 2 is 1.94 bits per heavy atom. The van der Waals surface area contributed by atoms with E-state index in [4.69, 9.17) is 37.8 Å². The van der Waals surface area contributed by atoms with Crippen molar-refractivity contribution in [2.24, 2.45) is 4.99 Å². The van der Waals surface area contributed by atoms with Crippen molar-refractivity contribution in [3.8, 4) is 0 Å². The van der Waals surface area contributed by atoms with Gasteiger partial charge in [-0.1, -0.05) is 41.4 Å². The number of aliphatic imine (C=N–C) groups is 1. The molecule has 0 heterocycles. The lowest BCUT2D eigenvalue weighted by molar-refractivity contribution is -0.137. The maximum Gasteiger partial charge on any atom is 0.342 e. The average molecular weight is 485 g/mol. The monoisotopic (exact) mass is 484 g/mol. The largest absolute Gasteiger partial charge is 0.480 e. The molecule has 0 amide bonds. The summed E-state index contributed by atoms with van der Waals surface area (Å²) in [6.07, 6.45) is 0. The summed E-state index contributed by atoms with van der Waals surface area (Å²) in [5, 5.41) is 14.2. The smallest absolute Gasteiger partial charge is 0.342 e. The number of esters is 1. The molecule has 0 aromatic heterocycles. The van der Waals surface area contributed by atoms with Gasteiger partial charge in [-0.3, -0.25) is 0 Å². The number of thiocarbonyl (C=S) groups is 1. The lowest BCUT2D eigenvalue weighted by Gasteiger charge is -2.15. The Morgan fingerprint density at radius 3 is 2.52 bits per heavy atom. The number of hydrogen-bond donors (Lipinski definition) is 2. The first-order valence-corrected chi connectivity index (χ1v) is 10.2. The summed E-state index contributed by atoms with van der Waals surface area (Å²) in [4.78, 5) is 25.4. The predicted octanol–water partition coefficient (Wildman–Crippen LogP) is 5.76. The van der Waals surface area contributed by atoms with Gasteiger partial charge in [0.2, 0.25) is 0 Å². The van der Waals surface area contributed by atoms with Gasteiger partial charge in [-0.25, -0.2) is 14.6 Å². The number of hydrogen-bond acceptors (Lipinski definition) is 7. The van der Waals surface area contributed by atoms with Gasteiger partial charge >= 0.3 is 11.9 Å². The molecular formula is C21H22Cl2N2O5S. The number of isothiocyanates is 1. The highest BCUT2D eigenvalue weighted by Crippen LogP contribution is 2.36. The number of halogens is 2. The third-order valence-corrected chi connectivity index (χ3v) is 4.68. The van der Waals surface area contributed by atoms with Gasteiger partial charge in [-0.2, -0.15) is 0 Å². The molecule has 10 heteroatoms. The Balaban J connectivity index is 0.000000512. The number of anilines is 2. The number of aliphatic carboxylic acids is 1. The fraction of sp³-hybridized carbons (Fsp3) is 0.286. The van der Waals surface area contributed by atoms with E-state index in [0.717, 1.165) is 5.56 Å². The zero-order chi connectivity index (χ0) is 23.4. The van der Waals surface area contributed by atoms with E-state index in [2.05, 4.69) is 22.5 Å². The minimum absolute atomic E-state index is 0.0877. The third-order valence-electron chi connectivity index (χ3n) is 3.77. The van der Waals surface area contributed by atoms with Gasteiger partial charge in [0.05, 0.1) is 32.1 Å². The Hall–Kier alpha value is -2.48. The van der Waals surface area contributed by atoms with E-state index < -0.39 is 18.0 Å². The number of carbonyl (C=O) groups excluding carboxylic acids is 1. The SMILES string of the molecule is CC(N=C=S)C(=O)O.CCOCOC(=O)c1ccccc1Nc1c(Cl)ccc(C)c1Cl. The van der Waals surface area contributed by atoms with Crippen LogP contribution < -0.4 is 5.32 Å². The van der Waals surface area contributed by atoms with Gasteiger partial charge in [0.1, 0.15) is 0 Å². The number of rotatable bonds is 8. The van der Waals surface area contributed by atoms with Gasteiger partial charge in [0.15, 0.2) is 12.8 Å². The van der Waals surface area contributed by atoms with Crippen LogP contribution in [0, 0.1) is 6.92 Å². The van der Waals surface area contributed by atoms with Crippen molar-refractivity contribution >= 4 is 63.9 Å². The third kappa shape index (κ3) is 8.65. The van der Waals surface area contributed by atoms with E-state index in [9.17, 15) is 9.59 Å². The zero-order valence-electron chi connectivity index (χ0n) is 17.1. The molecule has 0 saturated carbocycles. The molecule has 0 aliphatic carbocycles. The van der Waals surface area contributed by atoms with Crippen LogP contribution >= 0.6 is 35.4 Å². The van der Waals surface area contributed by atoms with E-state index in [1.807, 2.05) is 25.1 Å². The molecule has 2 rings (SSSR count). The van der Waals surface area contributed by atoms with Crippen molar-refractivity contribution < 1.29 is 24.2 Å². The van der Waals surface area contributed by atoms with Crippen LogP contribution in [0.25, 0.3) is 0 Å². The van der Waals surface area contributed by atoms with Crippen LogP contribution in [0.15, 0.2) is 41.4 Å². The summed E-state index contributed by atoms with van der Waals surface area (Å²) in [6, 6.07) is 9.80. The quantitative estimate of drug-likeness (QED) is 0.161. The van der Waals surface area contributed by atoms with Crippen LogP contribution in [-0.4, -0.2) is 41.6 Å². The van der Waals surface area contributed by atoms with Crippen molar-refractivity contribution in [1.82, 2.24) is 0 Å². The van der Waals surface area contributed by atoms with Crippen LogP contribution in [0.3, 0.4) is 0 Å². The number of carbonyl (C=O) groups is 2. The molecule has 1 unspecified atom stereocenters. The average Bonchev–Trinajstić information content (AvgIpc) is 2.75. The van der Waals surface area contributed by atoms with Crippen molar-refractivity contribution in [3.05, 3.63) is 57.6 Å². The van der Waals surface area contributed by atoms with Crippen molar-refractivity contribution in [3.63, 3.8) is 0 Å². The molecule has 0 saturated heterocycles. The zero-order valence-corrected chi connectivity index (χ0v) is 19.5.